The van der Waals surface area contributed by atoms with E-state index in [4.69, 9.17) is 9.47 Å². The predicted molar refractivity (Wildman–Crippen MR) is 64.9 cm³/mol. The molecule has 3 heterocycles. The molecule has 1 fully saturated rings. The van der Waals surface area contributed by atoms with Crippen LogP contribution < -0.4 is 20.1 Å². The first-order valence-electron chi connectivity index (χ1n) is 6.28. The van der Waals surface area contributed by atoms with Gasteiger partial charge in [-0.1, -0.05) is 0 Å². The molecular formula is C13H14N2O3. The number of hydrogen-bond acceptors (Lipinski definition) is 4. The standard InChI is InChI=1S/C13H14N2O3/c16-13-7-1-2-14-5-9(7)8-3-11-12(18-6-17-11)4-10(8)15-13/h3-4,7,9,14H,1-2,5-6H2,(H,15,16). The average molecular weight is 246 g/mol. The molecule has 1 aromatic rings. The summed E-state index contributed by atoms with van der Waals surface area (Å²) in [4.78, 5) is 12.1. The maximum Gasteiger partial charge on any atom is 0.231 e. The van der Waals surface area contributed by atoms with E-state index in [-0.39, 0.29) is 24.5 Å². The smallest absolute Gasteiger partial charge is 0.231 e. The summed E-state index contributed by atoms with van der Waals surface area (Å²) in [5.41, 5.74) is 2.03. The Labute approximate surface area is 104 Å². The minimum atomic E-state index is 0.0825. The molecule has 1 saturated heterocycles. The van der Waals surface area contributed by atoms with E-state index in [0.29, 0.717) is 0 Å². The summed E-state index contributed by atoms with van der Waals surface area (Å²) in [6.07, 6.45) is 0.893. The number of piperidine rings is 1. The van der Waals surface area contributed by atoms with E-state index >= 15 is 0 Å². The van der Waals surface area contributed by atoms with Crippen molar-refractivity contribution in [3.63, 3.8) is 0 Å². The van der Waals surface area contributed by atoms with Crippen molar-refractivity contribution in [1.82, 2.24) is 5.32 Å². The summed E-state index contributed by atoms with van der Waals surface area (Å²) in [7, 11) is 0. The van der Waals surface area contributed by atoms with Crippen LogP contribution in [0.1, 0.15) is 17.9 Å². The molecule has 3 aliphatic rings. The SMILES string of the molecule is O=C1Nc2cc3c(cc2C2CNCCC12)OCO3. The highest BCUT2D eigenvalue weighted by atomic mass is 16.7. The monoisotopic (exact) mass is 246 g/mol. The Morgan fingerprint density at radius 2 is 2.00 bits per heavy atom. The van der Waals surface area contributed by atoms with Crippen LogP contribution in [0.25, 0.3) is 0 Å². The molecule has 0 spiro atoms. The Kier molecular flexibility index (Phi) is 2.05. The second-order valence-corrected chi connectivity index (χ2v) is 4.99. The van der Waals surface area contributed by atoms with Crippen LogP contribution in [0.15, 0.2) is 12.1 Å². The van der Waals surface area contributed by atoms with Gasteiger partial charge in [-0.05, 0) is 24.6 Å². The highest BCUT2D eigenvalue weighted by molar-refractivity contribution is 5.97. The van der Waals surface area contributed by atoms with Gasteiger partial charge in [0.2, 0.25) is 12.7 Å². The first kappa shape index (κ1) is 10.2. The van der Waals surface area contributed by atoms with Crippen molar-refractivity contribution in [2.45, 2.75) is 12.3 Å². The third kappa shape index (κ3) is 1.34. The lowest BCUT2D eigenvalue weighted by molar-refractivity contribution is -0.121. The number of carbonyl (C=O) groups excluding carboxylic acids is 1. The highest BCUT2D eigenvalue weighted by Crippen LogP contribution is 2.45. The third-order valence-corrected chi connectivity index (χ3v) is 4.02. The Morgan fingerprint density at radius 1 is 1.17 bits per heavy atom. The maximum absolute atomic E-state index is 12.1. The van der Waals surface area contributed by atoms with Crippen molar-refractivity contribution in [3.8, 4) is 11.5 Å². The number of fused-ring (bicyclic) bond motifs is 4. The van der Waals surface area contributed by atoms with Crippen molar-refractivity contribution in [3.05, 3.63) is 17.7 Å². The molecule has 1 aromatic carbocycles. The minimum Gasteiger partial charge on any atom is -0.454 e. The lowest BCUT2D eigenvalue weighted by atomic mass is 9.77. The second-order valence-electron chi connectivity index (χ2n) is 4.99. The number of benzene rings is 1. The zero-order valence-electron chi connectivity index (χ0n) is 9.86. The summed E-state index contributed by atoms with van der Waals surface area (Å²) in [6.45, 7) is 2.03. The number of carbonyl (C=O) groups is 1. The van der Waals surface area contributed by atoms with Crippen LogP contribution in [0, 0.1) is 5.92 Å². The minimum absolute atomic E-state index is 0.0825. The van der Waals surface area contributed by atoms with Crippen molar-refractivity contribution >= 4 is 11.6 Å². The molecule has 0 aliphatic carbocycles. The van der Waals surface area contributed by atoms with Crippen LogP contribution in [0.3, 0.4) is 0 Å². The molecule has 0 bridgehead atoms. The van der Waals surface area contributed by atoms with E-state index in [1.165, 1.54) is 0 Å². The number of rotatable bonds is 0. The molecule has 0 radical (unpaired) electrons. The van der Waals surface area contributed by atoms with Gasteiger partial charge in [-0.15, -0.1) is 0 Å². The van der Waals surface area contributed by atoms with Gasteiger partial charge >= 0.3 is 0 Å². The van der Waals surface area contributed by atoms with Gasteiger partial charge in [0.05, 0.1) is 0 Å². The van der Waals surface area contributed by atoms with Gasteiger partial charge in [0.25, 0.3) is 0 Å². The van der Waals surface area contributed by atoms with Gasteiger partial charge in [0, 0.05) is 30.1 Å². The number of nitrogens with one attached hydrogen (secondary N) is 2. The molecule has 5 nitrogen and oxygen atoms in total. The Balaban J connectivity index is 1.83. The van der Waals surface area contributed by atoms with Crippen LogP contribution in [-0.4, -0.2) is 25.8 Å². The molecule has 3 aliphatic heterocycles. The normalized spacial score (nSPS) is 28.3. The summed E-state index contributed by atoms with van der Waals surface area (Å²) in [5, 5.41) is 6.35. The van der Waals surface area contributed by atoms with Crippen molar-refractivity contribution in [1.29, 1.82) is 0 Å². The summed E-state index contributed by atoms with van der Waals surface area (Å²) >= 11 is 0. The molecule has 2 N–H and O–H groups in total. The molecule has 2 unspecified atom stereocenters. The van der Waals surface area contributed by atoms with Gasteiger partial charge in [-0.3, -0.25) is 4.79 Å². The van der Waals surface area contributed by atoms with Gasteiger partial charge in [-0.2, -0.15) is 0 Å². The second kappa shape index (κ2) is 3.62. The quantitative estimate of drug-likeness (QED) is 0.718. The van der Waals surface area contributed by atoms with Crippen molar-refractivity contribution in [2.75, 3.05) is 25.2 Å². The molecule has 5 heteroatoms. The molecule has 18 heavy (non-hydrogen) atoms. The fourth-order valence-electron chi connectivity index (χ4n) is 3.10. The maximum atomic E-state index is 12.1. The first-order chi connectivity index (χ1) is 8.83. The van der Waals surface area contributed by atoms with Gasteiger partial charge in [0.1, 0.15) is 0 Å². The van der Waals surface area contributed by atoms with Crippen LogP contribution in [0.5, 0.6) is 11.5 Å². The zero-order chi connectivity index (χ0) is 12.1. The molecule has 1 amide bonds. The number of anilines is 1. The van der Waals surface area contributed by atoms with E-state index in [1.54, 1.807) is 0 Å². The molecule has 94 valence electrons. The van der Waals surface area contributed by atoms with Gasteiger partial charge < -0.3 is 20.1 Å². The lowest BCUT2D eigenvalue weighted by Gasteiger charge is -2.36. The van der Waals surface area contributed by atoms with Crippen LogP contribution in [0.4, 0.5) is 5.69 Å². The molecule has 2 atom stereocenters. The topological polar surface area (TPSA) is 59.6 Å². The highest BCUT2D eigenvalue weighted by Gasteiger charge is 2.38. The molecular weight excluding hydrogens is 232 g/mol. The summed E-state index contributed by atoms with van der Waals surface area (Å²) in [6, 6.07) is 3.89. The number of ether oxygens (including phenoxy) is 2. The largest absolute Gasteiger partial charge is 0.454 e. The zero-order valence-corrected chi connectivity index (χ0v) is 9.86. The predicted octanol–water partition coefficient (Wildman–Crippen LogP) is 1.06. The fourth-order valence-corrected chi connectivity index (χ4v) is 3.10. The van der Waals surface area contributed by atoms with Crippen LogP contribution in [-0.2, 0) is 4.79 Å². The first-order valence-corrected chi connectivity index (χ1v) is 6.28. The summed E-state index contributed by atoms with van der Waals surface area (Å²) in [5.74, 6) is 1.97. The molecule has 4 rings (SSSR count). The lowest BCUT2D eigenvalue weighted by Crippen LogP contribution is -2.43. The van der Waals surface area contributed by atoms with Gasteiger partial charge in [-0.25, -0.2) is 0 Å². The Morgan fingerprint density at radius 3 is 2.89 bits per heavy atom. The molecule has 0 aromatic heterocycles. The van der Waals surface area contributed by atoms with E-state index < -0.39 is 0 Å². The van der Waals surface area contributed by atoms with Crippen LogP contribution >= 0.6 is 0 Å². The number of hydrogen-bond donors (Lipinski definition) is 2. The van der Waals surface area contributed by atoms with E-state index in [2.05, 4.69) is 10.6 Å². The van der Waals surface area contributed by atoms with E-state index in [1.807, 2.05) is 12.1 Å². The fraction of sp³-hybridized carbons (Fsp3) is 0.462. The van der Waals surface area contributed by atoms with Crippen molar-refractivity contribution in [2.24, 2.45) is 5.92 Å². The Hall–Kier alpha value is -1.75. The average Bonchev–Trinajstić information content (AvgIpc) is 2.84. The summed E-state index contributed by atoms with van der Waals surface area (Å²) < 4.78 is 10.8. The van der Waals surface area contributed by atoms with E-state index in [0.717, 1.165) is 42.3 Å². The Bertz CT molecular complexity index is 529. The third-order valence-electron chi connectivity index (χ3n) is 4.02. The number of amides is 1. The van der Waals surface area contributed by atoms with E-state index in [9.17, 15) is 4.79 Å². The van der Waals surface area contributed by atoms with Crippen LogP contribution in [0.2, 0.25) is 0 Å². The van der Waals surface area contributed by atoms with Gasteiger partial charge in [0.15, 0.2) is 11.5 Å². The van der Waals surface area contributed by atoms with Crippen molar-refractivity contribution < 1.29 is 14.3 Å². The molecule has 0 saturated carbocycles.